The summed E-state index contributed by atoms with van der Waals surface area (Å²) in [5, 5.41) is 4.59. The minimum Gasteiger partial charge on any atom is -0.456 e. The molecule has 0 aliphatic rings. The maximum absolute atomic E-state index is 6.47. The number of nitrogens with zero attached hydrogens (tertiary/aromatic N) is 3. The third-order valence-electron chi connectivity index (χ3n) is 9.35. The third-order valence-corrected chi connectivity index (χ3v) is 10.6. The Kier molecular flexibility index (Phi) is 6.64. The normalized spacial score (nSPS) is 11.6. The van der Waals surface area contributed by atoms with Crippen molar-refractivity contribution in [3.05, 3.63) is 164 Å². The zero-order valence-electron chi connectivity index (χ0n) is 26.7. The van der Waals surface area contributed by atoms with Gasteiger partial charge in [-0.25, -0.2) is 15.0 Å². The molecule has 0 radical (unpaired) electrons. The van der Waals surface area contributed by atoms with Crippen molar-refractivity contribution in [1.29, 1.82) is 0 Å². The van der Waals surface area contributed by atoms with Crippen LogP contribution in [-0.2, 0) is 0 Å². The zero-order valence-corrected chi connectivity index (χ0v) is 27.6. The minimum absolute atomic E-state index is 0.601. The molecule has 3 heterocycles. The van der Waals surface area contributed by atoms with Crippen molar-refractivity contribution in [2.24, 2.45) is 0 Å². The lowest BCUT2D eigenvalue weighted by Gasteiger charge is -2.10. The van der Waals surface area contributed by atoms with Crippen molar-refractivity contribution < 1.29 is 4.42 Å². The van der Waals surface area contributed by atoms with Crippen molar-refractivity contribution >= 4 is 53.4 Å². The molecule has 0 N–H and O–H groups in total. The van der Waals surface area contributed by atoms with Gasteiger partial charge in [0.05, 0.1) is 0 Å². The van der Waals surface area contributed by atoms with E-state index in [1.165, 1.54) is 25.7 Å². The summed E-state index contributed by atoms with van der Waals surface area (Å²) in [5.41, 5.74) is 8.99. The van der Waals surface area contributed by atoms with Gasteiger partial charge in [0.25, 0.3) is 0 Å². The summed E-state index contributed by atoms with van der Waals surface area (Å²) < 4.78 is 9.05. The summed E-state index contributed by atoms with van der Waals surface area (Å²) in [6, 6.07) is 56.8. The van der Waals surface area contributed by atoms with Crippen LogP contribution in [0.25, 0.3) is 98.5 Å². The Balaban J connectivity index is 1.18. The molecule has 0 fully saturated rings. The number of benzene rings is 7. The summed E-state index contributed by atoms with van der Waals surface area (Å²) in [5.74, 6) is 1.84. The van der Waals surface area contributed by atoms with Gasteiger partial charge in [-0.15, -0.1) is 11.3 Å². The fourth-order valence-electron chi connectivity index (χ4n) is 6.97. The van der Waals surface area contributed by atoms with Crippen LogP contribution in [0.3, 0.4) is 0 Å². The quantitative estimate of drug-likeness (QED) is 0.185. The predicted octanol–water partition coefficient (Wildman–Crippen LogP) is 12.5. The molecule has 50 heavy (non-hydrogen) atoms. The van der Waals surface area contributed by atoms with E-state index in [0.29, 0.717) is 17.5 Å². The molecule has 3 aromatic heterocycles. The Morgan fingerprint density at radius 3 is 1.88 bits per heavy atom. The van der Waals surface area contributed by atoms with Gasteiger partial charge in [-0.1, -0.05) is 133 Å². The number of aromatic nitrogens is 3. The zero-order chi connectivity index (χ0) is 33.0. The molecule has 10 aromatic rings. The number of fused-ring (bicyclic) bond motifs is 6. The number of hydrogen-bond donors (Lipinski definition) is 0. The van der Waals surface area contributed by atoms with E-state index in [4.69, 9.17) is 19.4 Å². The van der Waals surface area contributed by atoms with E-state index in [0.717, 1.165) is 55.3 Å². The van der Waals surface area contributed by atoms with Crippen LogP contribution in [0.15, 0.2) is 168 Å². The van der Waals surface area contributed by atoms with Gasteiger partial charge in [-0.3, -0.25) is 0 Å². The Hall–Kier alpha value is -6.43. The third kappa shape index (κ3) is 4.79. The molecular weight excluding hydrogens is 631 g/mol. The maximum atomic E-state index is 6.47. The summed E-state index contributed by atoms with van der Waals surface area (Å²) in [4.78, 5) is 15.3. The summed E-state index contributed by atoms with van der Waals surface area (Å²) >= 11 is 1.84. The lowest BCUT2D eigenvalue weighted by molar-refractivity contribution is 0.669. The molecule has 0 spiro atoms. The van der Waals surface area contributed by atoms with Gasteiger partial charge in [-0.05, 0) is 52.6 Å². The lowest BCUT2D eigenvalue weighted by atomic mass is 9.99. The number of furan rings is 1. The molecule has 0 bridgehead atoms. The molecule has 5 heteroatoms. The molecule has 234 valence electrons. The Labute approximate surface area is 292 Å². The van der Waals surface area contributed by atoms with Crippen molar-refractivity contribution in [2.45, 2.75) is 0 Å². The predicted molar refractivity (Wildman–Crippen MR) is 207 cm³/mol. The highest BCUT2D eigenvalue weighted by molar-refractivity contribution is 7.26. The van der Waals surface area contributed by atoms with Crippen LogP contribution in [0.4, 0.5) is 0 Å². The number of rotatable bonds is 5. The first-order chi connectivity index (χ1) is 24.8. The van der Waals surface area contributed by atoms with E-state index in [-0.39, 0.29) is 0 Å². The second kappa shape index (κ2) is 11.6. The van der Waals surface area contributed by atoms with Crippen LogP contribution >= 0.6 is 11.3 Å². The van der Waals surface area contributed by atoms with Crippen molar-refractivity contribution in [1.82, 2.24) is 15.0 Å². The topological polar surface area (TPSA) is 51.8 Å². The summed E-state index contributed by atoms with van der Waals surface area (Å²) in [7, 11) is 0. The first-order valence-electron chi connectivity index (χ1n) is 16.6. The average molecular weight is 658 g/mol. The molecular formula is C45H27N3OS. The van der Waals surface area contributed by atoms with Gasteiger partial charge in [0.15, 0.2) is 17.5 Å². The van der Waals surface area contributed by atoms with E-state index < -0.39 is 0 Å². The van der Waals surface area contributed by atoms with E-state index in [1.54, 1.807) is 0 Å². The van der Waals surface area contributed by atoms with Crippen LogP contribution in [0.1, 0.15) is 0 Å². The molecule has 10 rings (SSSR count). The monoisotopic (exact) mass is 657 g/mol. The molecule has 0 aliphatic carbocycles. The lowest BCUT2D eigenvalue weighted by Crippen LogP contribution is -2.00. The summed E-state index contributed by atoms with van der Waals surface area (Å²) in [6.45, 7) is 0. The molecule has 7 aromatic carbocycles. The van der Waals surface area contributed by atoms with E-state index in [2.05, 4.69) is 115 Å². The van der Waals surface area contributed by atoms with Gasteiger partial charge in [0.1, 0.15) is 11.2 Å². The first kappa shape index (κ1) is 28.6. The molecule has 4 nitrogen and oxygen atoms in total. The Bertz CT molecular complexity index is 2870. The van der Waals surface area contributed by atoms with Crippen molar-refractivity contribution in [3.63, 3.8) is 0 Å². The number of thiophene rings is 1. The largest absolute Gasteiger partial charge is 0.456 e. The van der Waals surface area contributed by atoms with Crippen LogP contribution in [0, 0.1) is 0 Å². The van der Waals surface area contributed by atoms with Gasteiger partial charge < -0.3 is 4.42 Å². The van der Waals surface area contributed by atoms with Gasteiger partial charge in [0, 0.05) is 47.6 Å². The SMILES string of the molecule is c1ccc(-c2cccc(-c3nc(-c4ccccc4)nc(-c4cccc5oc6ccc(-c7cccc8c7sc7ccccc78)cc6c45)n3)c2)cc1. The maximum Gasteiger partial charge on any atom is 0.164 e. The molecule has 0 saturated carbocycles. The molecule has 0 atom stereocenters. The smallest absolute Gasteiger partial charge is 0.164 e. The molecule has 0 amide bonds. The van der Waals surface area contributed by atoms with Crippen LogP contribution in [0.5, 0.6) is 0 Å². The van der Waals surface area contributed by atoms with Gasteiger partial charge in [-0.2, -0.15) is 0 Å². The Morgan fingerprint density at radius 1 is 0.380 bits per heavy atom. The van der Waals surface area contributed by atoms with Gasteiger partial charge in [0.2, 0.25) is 0 Å². The van der Waals surface area contributed by atoms with Crippen LogP contribution in [0.2, 0.25) is 0 Å². The molecule has 0 saturated heterocycles. The molecule has 0 aliphatic heterocycles. The summed E-state index contributed by atoms with van der Waals surface area (Å²) in [6.07, 6.45) is 0. The van der Waals surface area contributed by atoms with E-state index >= 15 is 0 Å². The molecule has 0 unspecified atom stereocenters. The van der Waals surface area contributed by atoms with Crippen molar-refractivity contribution in [3.8, 4) is 56.4 Å². The average Bonchev–Trinajstić information content (AvgIpc) is 3.77. The number of hydrogen-bond acceptors (Lipinski definition) is 5. The van der Waals surface area contributed by atoms with E-state index in [9.17, 15) is 0 Å². The first-order valence-corrected chi connectivity index (χ1v) is 17.4. The highest BCUT2D eigenvalue weighted by Crippen LogP contribution is 2.43. The van der Waals surface area contributed by atoms with E-state index in [1.807, 2.05) is 59.9 Å². The van der Waals surface area contributed by atoms with Gasteiger partial charge >= 0.3 is 0 Å². The minimum atomic E-state index is 0.601. The standard InChI is InChI=1S/C45H27N3OS/c1-3-12-28(13-4-1)30-16-9-17-32(26-30)44-46-43(29-14-5-2-6-15-29)47-45(48-44)36-21-11-22-39-41(36)37-27-31(24-25-38(37)49-39)33-19-10-20-35-34-18-7-8-23-40(34)50-42(33)35/h1-27H. The van der Waals surface area contributed by atoms with Crippen LogP contribution in [-0.4, -0.2) is 15.0 Å². The second-order valence-corrected chi connectivity index (χ2v) is 13.4. The highest BCUT2D eigenvalue weighted by Gasteiger charge is 2.19. The van der Waals surface area contributed by atoms with Crippen LogP contribution < -0.4 is 0 Å². The Morgan fingerprint density at radius 2 is 1.02 bits per heavy atom. The fourth-order valence-corrected chi connectivity index (χ4v) is 8.20. The fraction of sp³-hybridized carbons (Fsp3) is 0. The van der Waals surface area contributed by atoms with Crippen molar-refractivity contribution in [2.75, 3.05) is 0 Å². The second-order valence-electron chi connectivity index (χ2n) is 12.4. The highest BCUT2D eigenvalue weighted by atomic mass is 32.1.